The van der Waals surface area contributed by atoms with Crippen LogP contribution in [0.3, 0.4) is 0 Å². The van der Waals surface area contributed by atoms with Gasteiger partial charge in [0, 0.05) is 23.2 Å². The molecule has 3 unspecified atom stereocenters. The highest BCUT2D eigenvalue weighted by molar-refractivity contribution is 6.32. The van der Waals surface area contributed by atoms with Gasteiger partial charge in [-0.2, -0.15) is 0 Å². The second-order valence-corrected chi connectivity index (χ2v) is 9.24. The number of imide groups is 1. The first kappa shape index (κ1) is 21.1. The number of fused-ring (bicyclic) bond motifs is 4. The highest BCUT2D eigenvalue weighted by Gasteiger charge is 2.71. The van der Waals surface area contributed by atoms with E-state index < -0.39 is 35.4 Å². The van der Waals surface area contributed by atoms with Crippen LogP contribution in [0.5, 0.6) is 0 Å². The number of halogens is 1. The van der Waals surface area contributed by atoms with Crippen molar-refractivity contribution in [1.82, 2.24) is 10.2 Å². The van der Waals surface area contributed by atoms with Gasteiger partial charge < -0.3 is 10.4 Å². The minimum atomic E-state index is -1.43. The Kier molecular flexibility index (Phi) is 4.89. The monoisotopic (exact) mass is 453 g/mol. The number of nitrogens with zero attached hydrogens (tertiary/aromatic N) is 1. The number of benzene rings is 2. The predicted octanol–water partition coefficient (Wildman–Crippen LogP) is 1.99. The van der Waals surface area contributed by atoms with Gasteiger partial charge in [0.1, 0.15) is 5.54 Å². The highest BCUT2D eigenvalue weighted by atomic mass is 35.5. The standard InChI is InChI=1S/C24H24ClN3O4/c1-12-16(25)9-8-15-19(12)26-23(32)24(15)18-17(20(27-24)13(2)29)21(30)28(22(18)31)11-10-14-6-4-3-5-7-14/h3-9,13,17-18,20,27,29H,10-11H2,1-2H3,(H,26,32)/t13?,17-,18-,20?,24?/m0/s1. The number of hydrogen-bond donors (Lipinski definition) is 3. The van der Waals surface area contributed by atoms with E-state index in [1.807, 2.05) is 30.3 Å². The van der Waals surface area contributed by atoms with Crippen LogP contribution < -0.4 is 10.6 Å². The van der Waals surface area contributed by atoms with Gasteiger partial charge in [-0.3, -0.25) is 24.6 Å². The van der Waals surface area contributed by atoms with Crippen molar-refractivity contribution in [3.05, 3.63) is 64.2 Å². The smallest absolute Gasteiger partial charge is 0.250 e. The van der Waals surface area contributed by atoms with Crippen molar-refractivity contribution in [2.45, 2.75) is 38.0 Å². The Morgan fingerprint density at radius 1 is 1.12 bits per heavy atom. The summed E-state index contributed by atoms with van der Waals surface area (Å²) in [6.45, 7) is 3.59. The van der Waals surface area contributed by atoms with Crippen LogP contribution in [0.1, 0.15) is 23.6 Å². The lowest BCUT2D eigenvalue weighted by molar-refractivity contribution is -0.143. The molecule has 0 bridgehead atoms. The number of carbonyl (C=O) groups is 3. The summed E-state index contributed by atoms with van der Waals surface area (Å²) in [6, 6.07) is 12.3. The molecule has 0 saturated carbocycles. The fourth-order valence-electron chi connectivity index (χ4n) is 5.50. The van der Waals surface area contributed by atoms with Gasteiger partial charge >= 0.3 is 0 Å². The zero-order valence-corrected chi connectivity index (χ0v) is 18.5. The summed E-state index contributed by atoms with van der Waals surface area (Å²) in [5.41, 5.74) is 1.44. The maximum Gasteiger partial charge on any atom is 0.250 e. The normalized spacial score (nSPS) is 29.4. The van der Waals surface area contributed by atoms with E-state index in [4.69, 9.17) is 11.6 Å². The van der Waals surface area contributed by atoms with Crippen molar-refractivity contribution >= 4 is 35.0 Å². The molecule has 166 valence electrons. The predicted molar refractivity (Wildman–Crippen MR) is 119 cm³/mol. The number of hydrogen-bond acceptors (Lipinski definition) is 5. The van der Waals surface area contributed by atoms with E-state index >= 15 is 0 Å². The highest BCUT2D eigenvalue weighted by Crippen LogP contribution is 2.54. The SMILES string of the molecule is Cc1c(Cl)ccc2c1NC(=O)C21NC(C(C)O)[C@H]2C(=O)N(CCc3ccccc3)C(=O)[C@H]21. The Bertz CT molecular complexity index is 1140. The summed E-state index contributed by atoms with van der Waals surface area (Å²) in [5.74, 6) is -2.90. The minimum Gasteiger partial charge on any atom is -0.392 e. The maximum absolute atomic E-state index is 13.6. The molecule has 7 nitrogen and oxygen atoms in total. The molecule has 2 fully saturated rings. The fraction of sp³-hybridized carbons (Fsp3) is 0.375. The largest absolute Gasteiger partial charge is 0.392 e. The molecule has 5 rings (SSSR count). The van der Waals surface area contributed by atoms with Gasteiger partial charge in [0.05, 0.1) is 23.6 Å². The van der Waals surface area contributed by atoms with Crippen molar-refractivity contribution in [3.63, 3.8) is 0 Å². The van der Waals surface area contributed by atoms with Crippen LogP contribution in [0, 0.1) is 18.8 Å². The van der Waals surface area contributed by atoms with Crippen LogP contribution in [0.15, 0.2) is 42.5 Å². The molecule has 3 aliphatic rings. The maximum atomic E-state index is 13.6. The van der Waals surface area contributed by atoms with Gasteiger partial charge in [0.2, 0.25) is 17.7 Å². The third kappa shape index (κ3) is 2.78. The molecule has 3 amide bonds. The molecule has 3 N–H and O–H groups in total. The number of rotatable bonds is 4. The van der Waals surface area contributed by atoms with Crippen LogP contribution in [-0.4, -0.2) is 46.4 Å². The summed E-state index contributed by atoms with van der Waals surface area (Å²) in [7, 11) is 0. The van der Waals surface area contributed by atoms with Crippen LogP contribution in [0.4, 0.5) is 5.69 Å². The van der Waals surface area contributed by atoms with Crippen LogP contribution in [0.25, 0.3) is 0 Å². The van der Waals surface area contributed by atoms with Crippen molar-refractivity contribution in [3.8, 4) is 0 Å². The number of amides is 3. The summed E-state index contributed by atoms with van der Waals surface area (Å²) in [6.07, 6.45) is -0.410. The Morgan fingerprint density at radius 2 is 1.84 bits per heavy atom. The van der Waals surface area contributed by atoms with Crippen molar-refractivity contribution < 1.29 is 19.5 Å². The van der Waals surface area contributed by atoms with Crippen molar-refractivity contribution in [2.75, 3.05) is 11.9 Å². The zero-order chi connectivity index (χ0) is 22.8. The Labute approximate surface area is 190 Å². The molecule has 5 atom stereocenters. The second kappa shape index (κ2) is 7.40. The molecular formula is C24H24ClN3O4. The molecule has 3 heterocycles. The number of nitrogens with one attached hydrogen (secondary N) is 2. The molecule has 8 heteroatoms. The Balaban J connectivity index is 1.57. The third-order valence-electron chi connectivity index (χ3n) is 7.10. The number of likely N-dealkylation sites (tertiary alicyclic amines) is 1. The minimum absolute atomic E-state index is 0.228. The molecule has 32 heavy (non-hydrogen) atoms. The van der Waals surface area contributed by atoms with E-state index in [1.54, 1.807) is 26.0 Å². The van der Waals surface area contributed by atoms with Gasteiger partial charge in [-0.1, -0.05) is 48.0 Å². The first-order valence-corrected chi connectivity index (χ1v) is 11.1. The van der Waals surface area contributed by atoms with Gasteiger partial charge in [0.25, 0.3) is 0 Å². The van der Waals surface area contributed by atoms with Crippen LogP contribution in [0.2, 0.25) is 5.02 Å². The quantitative estimate of drug-likeness (QED) is 0.615. The summed E-state index contributed by atoms with van der Waals surface area (Å²) in [5, 5.41) is 17.0. The van der Waals surface area contributed by atoms with Gasteiger partial charge in [-0.25, -0.2) is 0 Å². The average molecular weight is 454 g/mol. The van der Waals surface area contributed by atoms with E-state index in [0.29, 0.717) is 28.3 Å². The number of anilines is 1. The number of aliphatic hydroxyl groups excluding tert-OH is 1. The Hall–Kier alpha value is -2.74. The third-order valence-corrected chi connectivity index (χ3v) is 7.51. The first-order chi connectivity index (χ1) is 15.3. The summed E-state index contributed by atoms with van der Waals surface area (Å²) in [4.78, 5) is 41.7. The fourth-order valence-corrected chi connectivity index (χ4v) is 5.66. The molecule has 0 aliphatic carbocycles. The van der Waals surface area contributed by atoms with Gasteiger partial charge in [-0.05, 0) is 37.5 Å². The first-order valence-electron chi connectivity index (χ1n) is 10.7. The van der Waals surface area contributed by atoms with E-state index in [9.17, 15) is 19.5 Å². The topological polar surface area (TPSA) is 98.7 Å². The summed E-state index contributed by atoms with van der Waals surface area (Å²) >= 11 is 6.26. The van der Waals surface area contributed by atoms with Crippen LogP contribution in [-0.2, 0) is 26.3 Å². The molecule has 0 aromatic heterocycles. The number of carbonyl (C=O) groups excluding carboxylic acids is 3. The van der Waals surface area contributed by atoms with Crippen molar-refractivity contribution in [2.24, 2.45) is 11.8 Å². The molecule has 3 aliphatic heterocycles. The van der Waals surface area contributed by atoms with E-state index in [-0.39, 0.29) is 18.4 Å². The summed E-state index contributed by atoms with van der Waals surface area (Å²) < 4.78 is 0. The average Bonchev–Trinajstić information content (AvgIpc) is 3.36. The lowest BCUT2D eigenvalue weighted by atomic mass is 9.76. The van der Waals surface area contributed by atoms with Gasteiger partial charge in [0.15, 0.2) is 0 Å². The molecule has 0 radical (unpaired) electrons. The Morgan fingerprint density at radius 3 is 2.53 bits per heavy atom. The van der Waals surface area contributed by atoms with E-state index in [2.05, 4.69) is 10.6 Å². The van der Waals surface area contributed by atoms with Crippen molar-refractivity contribution in [1.29, 1.82) is 0 Å². The number of aliphatic hydroxyl groups is 1. The van der Waals surface area contributed by atoms with E-state index in [0.717, 1.165) is 5.56 Å². The molecular weight excluding hydrogens is 430 g/mol. The molecule has 1 spiro atoms. The molecule has 2 saturated heterocycles. The van der Waals surface area contributed by atoms with Crippen LogP contribution >= 0.6 is 11.6 Å². The second-order valence-electron chi connectivity index (χ2n) is 8.83. The lowest BCUT2D eigenvalue weighted by Crippen LogP contribution is -2.55. The molecule has 2 aromatic carbocycles. The zero-order valence-electron chi connectivity index (χ0n) is 17.8. The van der Waals surface area contributed by atoms with Gasteiger partial charge in [-0.15, -0.1) is 0 Å². The molecule has 2 aromatic rings. The van der Waals surface area contributed by atoms with E-state index in [1.165, 1.54) is 4.90 Å². The lowest BCUT2D eigenvalue weighted by Gasteiger charge is -2.30.